The van der Waals surface area contributed by atoms with Gasteiger partial charge in [-0.3, -0.25) is 0 Å². The van der Waals surface area contributed by atoms with Crippen LogP contribution in [0.2, 0.25) is 0 Å². The molecule has 0 fully saturated rings. The highest BCUT2D eigenvalue weighted by atomic mass is 16.3. The van der Waals surface area contributed by atoms with Crippen LogP contribution < -0.4 is 5.32 Å². The van der Waals surface area contributed by atoms with Crippen molar-refractivity contribution >= 4 is 44.1 Å². The highest BCUT2D eigenvalue weighted by molar-refractivity contribution is 6.17. The molecule has 2 nitrogen and oxygen atoms in total. The SMILES string of the molecule is c1ccc(Nc2c3ccccc3cc3c2oc2ccccc23)cc1. The number of anilines is 2. The van der Waals surface area contributed by atoms with Crippen LogP contribution in [0.1, 0.15) is 0 Å². The predicted molar refractivity (Wildman–Crippen MR) is 101 cm³/mol. The second-order valence-electron chi connectivity index (χ2n) is 5.94. The van der Waals surface area contributed by atoms with E-state index in [0.29, 0.717) is 0 Å². The van der Waals surface area contributed by atoms with E-state index in [1.54, 1.807) is 0 Å². The van der Waals surface area contributed by atoms with Crippen molar-refractivity contribution < 1.29 is 4.42 Å². The predicted octanol–water partition coefficient (Wildman–Crippen LogP) is 6.48. The van der Waals surface area contributed by atoms with Gasteiger partial charge in [-0.25, -0.2) is 0 Å². The summed E-state index contributed by atoms with van der Waals surface area (Å²) in [7, 11) is 0. The summed E-state index contributed by atoms with van der Waals surface area (Å²) < 4.78 is 6.20. The first-order valence-corrected chi connectivity index (χ1v) is 8.05. The van der Waals surface area contributed by atoms with Crippen molar-refractivity contribution in [2.45, 2.75) is 0 Å². The van der Waals surface area contributed by atoms with Gasteiger partial charge in [0.25, 0.3) is 0 Å². The number of para-hydroxylation sites is 2. The van der Waals surface area contributed by atoms with Gasteiger partial charge in [0.1, 0.15) is 5.58 Å². The number of hydrogen-bond acceptors (Lipinski definition) is 2. The van der Waals surface area contributed by atoms with Gasteiger partial charge in [-0.15, -0.1) is 0 Å². The Hall–Kier alpha value is -3.26. The zero-order valence-electron chi connectivity index (χ0n) is 13.0. The van der Waals surface area contributed by atoms with Crippen LogP contribution in [0.3, 0.4) is 0 Å². The molecule has 114 valence electrons. The van der Waals surface area contributed by atoms with E-state index in [9.17, 15) is 0 Å². The first-order chi connectivity index (χ1) is 11.9. The lowest BCUT2D eigenvalue weighted by Crippen LogP contribution is -1.92. The van der Waals surface area contributed by atoms with Gasteiger partial charge < -0.3 is 9.73 Å². The number of hydrogen-bond donors (Lipinski definition) is 1. The standard InChI is InChI=1S/C22H15NO/c1-2-9-16(10-3-1)23-21-17-11-5-4-8-15(17)14-19-18-12-6-7-13-20(18)24-22(19)21/h1-14,23H. The minimum atomic E-state index is 0.902. The summed E-state index contributed by atoms with van der Waals surface area (Å²) in [5.41, 5.74) is 3.89. The van der Waals surface area contributed by atoms with E-state index in [2.05, 4.69) is 59.9 Å². The zero-order valence-corrected chi connectivity index (χ0v) is 13.0. The van der Waals surface area contributed by atoms with E-state index in [1.807, 2.05) is 30.3 Å². The lowest BCUT2D eigenvalue weighted by molar-refractivity contribution is 0.670. The molecule has 4 aromatic carbocycles. The molecular weight excluding hydrogens is 294 g/mol. The van der Waals surface area contributed by atoms with Crippen molar-refractivity contribution in [3.63, 3.8) is 0 Å². The summed E-state index contributed by atoms with van der Waals surface area (Å²) in [6, 6.07) is 29.0. The van der Waals surface area contributed by atoms with Crippen molar-refractivity contribution in [2.75, 3.05) is 5.32 Å². The highest BCUT2D eigenvalue weighted by Gasteiger charge is 2.14. The van der Waals surface area contributed by atoms with Crippen LogP contribution in [0.15, 0.2) is 89.3 Å². The Morgan fingerprint density at radius 2 is 1.33 bits per heavy atom. The van der Waals surface area contributed by atoms with Gasteiger partial charge >= 0.3 is 0 Å². The molecule has 1 heterocycles. The summed E-state index contributed by atoms with van der Waals surface area (Å²) in [5.74, 6) is 0. The second kappa shape index (κ2) is 5.14. The Labute approximate surface area is 139 Å². The third-order valence-electron chi connectivity index (χ3n) is 4.43. The molecule has 5 rings (SSSR count). The van der Waals surface area contributed by atoms with E-state index in [1.165, 1.54) is 5.39 Å². The Morgan fingerprint density at radius 3 is 2.21 bits per heavy atom. The maximum Gasteiger partial charge on any atom is 0.159 e. The summed E-state index contributed by atoms with van der Waals surface area (Å²) in [6.07, 6.45) is 0. The van der Waals surface area contributed by atoms with E-state index >= 15 is 0 Å². The van der Waals surface area contributed by atoms with Crippen LogP contribution in [0, 0.1) is 0 Å². The molecule has 0 amide bonds. The van der Waals surface area contributed by atoms with Crippen molar-refractivity contribution in [3.8, 4) is 0 Å². The Balaban J connectivity index is 1.89. The monoisotopic (exact) mass is 309 g/mol. The van der Waals surface area contributed by atoms with E-state index in [0.717, 1.165) is 38.7 Å². The largest absolute Gasteiger partial charge is 0.454 e. The molecule has 0 aliphatic carbocycles. The van der Waals surface area contributed by atoms with E-state index < -0.39 is 0 Å². The number of benzene rings is 4. The molecule has 0 spiro atoms. The topological polar surface area (TPSA) is 25.2 Å². The van der Waals surface area contributed by atoms with Crippen LogP contribution in [0.5, 0.6) is 0 Å². The molecule has 0 atom stereocenters. The van der Waals surface area contributed by atoms with E-state index in [4.69, 9.17) is 4.42 Å². The first-order valence-electron chi connectivity index (χ1n) is 8.05. The molecule has 0 saturated heterocycles. The Bertz CT molecular complexity index is 1170. The third kappa shape index (κ3) is 1.97. The second-order valence-corrected chi connectivity index (χ2v) is 5.94. The fourth-order valence-corrected chi connectivity index (χ4v) is 3.31. The average molecular weight is 309 g/mol. The summed E-state index contributed by atoms with van der Waals surface area (Å²) in [6.45, 7) is 0. The molecule has 0 bridgehead atoms. The van der Waals surface area contributed by atoms with E-state index in [-0.39, 0.29) is 0 Å². The fourth-order valence-electron chi connectivity index (χ4n) is 3.31. The molecule has 0 radical (unpaired) electrons. The molecule has 0 unspecified atom stereocenters. The van der Waals surface area contributed by atoms with Gasteiger partial charge in [-0.05, 0) is 29.7 Å². The number of nitrogens with one attached hydrogen (secondary N) is 1. The van der Waals surface area contributed by atoms with Crippen LogP contribution in [0.4, 0.5) is 11.4 Å². The lowest BCUT2D eigenvalue weighted by Gasteiger charge is -2.11. The van der Waals surface area contributed by atoms with Crippen molar-refractivity contribution in [2.24, 2.45) is 0 Å². The minimum Gasteiger partial charge on any atom is -0.454 e. The average Bonchev–Trinajstić information content (AvgIpc) is 3.01. The van der Waals surface area contributed by atoms with Crippen molar-refractivity contribution in [1.82, 2.24) is 0 Å². The molecule has 5 aromatic rings. The number of rotatable bonds is 2. The van der Waals surface area contributed by atoms with Crippen LogP contribution in [-0.2, 0) is 0 Å². The molecule has 0 aliphatic heterocycles. The molecular formula is C22H15NO. The Kier molecular flexibility index (Phi) is 2.83. The van der Waals surface area contributed by atoms with Gasteiger partial charge in [0.05, 0.1) is 5.69 Å². The quantitative estimate of drug-likeness (QED) is 0.403. The molecule has 24 heavy (non-hydrogen) atoms. The molecule has 2 heteroatoms. The maximum atomic E-state index is 6.20. The van der Waals surface area contributed by atoms with Crippen LogP contribution >= 0.6 is 0 Å². The number of furan rings is 1. The Morgan fingerprint density at radius 1 is 0.625 bits per heavy atom. The third-order valence-corrected chi connectivity index (χ3v) is 4.43. The summed E-state index contributed by atoms with van der Waals surface area (Å²) >= 11 is 0. The smallest absolute Gasteiger partial charge is 0.159 e. The fraction of sp³-hybridized carbons (Fsp3) is 0. The van der Waals surface area contributed by atoms with Crippen molar-refractivity contribution in [3.05, 3.63) is 84.9 Å². The van der Waals surface area contributed by atoms with Gasteiger partial charge in [-0.2, -0.15) is 0 Å². The molecule has 0 saturated carbocycles. The summed E-state index contributed by atoms with van der Waals surface area (Å²) in [5, 5.41) is 8.21. The maximum absolute atomic E-state index is 6.20. The van der Waals surface area contributed by atoms with Crippen molar-refractivity contribution in [1.29, 1.82) is 0 Å². The zero-order chi connectivity index (χ0) is 15.9. The van der Waals surface area contributed by atoms with Gasteiger partial charge in [-0.1, -0.05) is 60.7 Å². The lowest BCUT2D eigenvalue weighted by atomic mass is 10.0. The highest BCUT2D eigenvalue weighted by Crippen LogP contribution is 2.39. The first kappa shape index (κ1) is 13.2. The molecule has 1 N–H and O–H groups in total. The van der Waals surface area contributed by atoms with Gasteiger partial charge in [0.15, 0.2) is 5.58 Å². The van der Waals surface area contributed by atoms with Gasteiger partial charge in [0, 0.05) is 21.8 Å². The molecule has 0 aliphatic rings. The van der Waals surface area contributed by atoms with Crippen LogP contribution in [0.25, 0.3) is 32.7 Å². The minimum absolute atomic E-state index is 0.902. The normalized spacial score (nSPS) is 11.3. The summed E-state index contributed by atoms with van der Waals surface area (Å²) in [4.78, 5) is 0. The molecule has 1 aromatic heterocycles. The van der Waals surface area contributed by atoms with Crippen LogP contribution in [-0.4, -0.2) is 0 Å². The van der Waals surface area contributed by atoms with Gasteiger partial charge in [0.2, 0.25) is 0 Å². The number of fused-ring (bicyclic) bond motifs is 4.